The van der Waals surface area contributed by atoms with Gasteiger partial charge in [0.15, 0.2) is 5.82 Å². The van der Waals surface area contributed by atoms with E-state index in [-0.39, 0.29) is 24.0 Å². The highest BCUT2D eigenvalue weighted by Crippen LogP contribution is 2.47. The van der Waals surface area contributed by atoms with E-state index in [1.54, 1.807) is 0 Å². The highest BCUT2D eigenvalue weighted by atomic mass is 16.6. The molecule has 180 valence electrons. The molecule has 1 saturated heterocycles. The first-order valence-electron chi connectivity index (χ1n) is 12.3. The van der Waals surface area contributed by atoms with Crippen LogP contribution in [0.1, 0.15) is 90.9 Å². The first-order chi connectivity index (χ1) is 15.2. The van der Waals surface area contributed by atoms with E-state index in [0.29, 0.717) is 19.1 Å². The molecule has 0 bridgehead atoms. The molecule has 3 aliphatic rings. The molecule has 9 nitrogen and oxygen atoms in total. The third-order valence-corrected chi connectivity index (χ3v) is 7.69. The van der Waals surface area contributed by atoms with Gasteiger partial charge in [0.25, 0.3) is 0 Å². The molecule has 2 atom stereocenters. The molecule has 1 aromatic heterocycles. The van der Waals surface area contributed by atoms with Crippen LogP contribution in [0, 0.1) is 11.3 Å². The first kappa shape index (κ1) is 23.4. The number of piperidine rings is 1. The maximum atomic E-state index is 12.8. The zero-order chi connectivity index (χ0) is 23.0. The third-order valence-electron chi connectivity index (χ3n) is 7.69. The first-order valence-corrected chi connectivity index (χ1v) is 12.3. The topological polar surface area (TPSA) is 105 Å². The second-order valence-electron chi connectivity index (χ2n) is 11.1. The van der Waals surface area contributed by atoms with Crippen molar-refractivity contribution in [3.05, 3.63) is 5.82 Å². The van der Waals surface area contributed by atoms with Crippen LogP contribution in [0.25, 0.3) is 0 Å². The number of aromatic nitrogens is 4. The summed E-state index contributed by atoms with van der Waals surface area (Å²) in [4.78, 5) is 14.7. The minimum Gasteiger partial charge on any atom is -0.444 e. The van der Waals surface area contributed by atoms with Crippen molar-refractivity contribution in [1.82, 2.24) is 30.4 Å². The number of aliphatic hydroxyl groups excluding tert-OH is 1. The Balaban J connectivity index is 1.62. The molecule has 0 spiro atoms. The summed E-state index contributed by atoms with van der Waals surface area (Å²) in [5.41, 5.74) is -0.971. The van der Waals surface area contributed by atoms with E-state index >= 15 is 0 Å². The van der Waals surface area contributed by atoms with E-state index in [1.165, 1.54) is 12.8 Å². The molecule has 2 saturated carbocycles. The molecule has 2 heterocycles. The summed E-state index contributed by atoms with van der Waals surface area (Å²) in [5.74, 6) is 1.04. The minimum atomic E-state index is -0.516. The predicted molar refractivity (Wildman–Crippen MR) is 120 cm³/mol. The van der Waals surface area contributed by atoms with Crippen molar-refractivity contribution in [2.24, 2.45) is 11.3 Å². The summed E-state index contributed by atoms with van der Waals surface area (Å²) < 4.78 is 7.72. The largest absolute Gasteiger partial charge is 0.444 e. The lowest BCUT2D eigenvalue weighted by Crippen LogP contribution is -2.60. The van der Waals surface area contributed by atoms with Crippen molar-refractivity contribution in [3.63, 3.8) is 0 Å². The third kappa shape index (κ3) is 4.64. The Hall–Kier alpha value is -1.74. The lowest BCUT2D eigenvalue weighted by molar-refractivity contribution is -0.00375. The van der Waals surface area contributed by atoms with Crippen molar-refractivity contribution < 1.29 is 14.6 Å². The SMILES string of the molecule is CCC1CN(C(=O)OC(C)(C)C)CCC1(NCC1(CO)CC1)c1nnnn1C1CCCC1. The number of ether oxygens (including phenoxy) is 1. The summed E-state index contributed by atoms with van der Waals surface area (Å²) in [6, 6.07) is 0.341. The molecule has 3 fully saturated rings. The molecule has 2 aliphatic carbocycles. The molecule has 9 heteroatoms. The van der Waals surface area contributed by atoms with Gasteiger partial charge in [-0.05, 0) is 69.7 Å². The monoisotopic (exact) mass is 448 g/mol. The van der Waals surface area contributed by atoms with Gasteiger partial charge in [0, 0.05) is 37.6 Å². The van der Waals surface area contributed by atoms with Gasteiger partial charge in [-0.15, -0.1) is 5.10 Å². The fourth-order valence-electron chi connectivity index (χ4n) is 5.40. The normalized spacial score (nSPS) is 28.2. The maximum Gasteiger partial charge on any atom is 0.410 e. The Morgan fingerprint density at radius 1 is 1.25 bits per heavy atom. The maximum absolute atomic E-state index is 12.8. The van der Waals surface area contributed by atoms with Gasteiger partial charge in [0.2, 0.25) is 0 Å². The Kier molecular flexibility index (Phi) is 6.51. The Morgan fingerprint density at radius 2 is 1.97 bits per heavy atom. The number of nitrogens with zero attached hydrogens (tertiary/aromatic N) is 5. The van der Waals surface area contributed by atoms with Crippen LogP contribution in [-0.2, 0) is 10.3 Å². The number of amides is 1. The number of carbonyl (C=O) groups excluding carboxylic acids is 1. The summed E-state index contributed by atoms with van der Waals surface area (Å²) in [6.07, 6.45) is 8.07. The van der Waals surface area contributed by atoms with Gasteiger partial charge in [0.05, 0.1) is 11.6 Å². The van der Waals surface area contributed by atoms with Crippen molar-refractivity contribution in [2.75, 3.05) is 26.2 Å². The zero-order valence-corrected chi connectivity index (χ0v) is 20.1. The van der Waals surface area contributed by atoms with Crippen LogP contribution in [0.15, 0.2) is 0 Å². The molecule has 32 heavy (non-hydrogen) atoms. The second kappa shape index (κ2) is 8.89. The van der Waals surface area contributed by atoms with E-state index in [9.17, 15) is 9.90 Å². The number of tetrazole rings is 1. The van der Waals surface area contributed by atoms with Gasteiger partial charge >= 0.3 is 6.09 Å². The minimum absolute atomic E-state index is 0.0285. The van der Waals surface area contributed by atoms with E-state index in [1.807, 2.05) is 25.7 Å². The van der Waals surface area contributed by atoms with Gasteiger partial charge in [0.1, 0.15) is 5.60 Å². The van der Waals surface area contributed by atoms with Crippen LogP contribution in [0.5, 0.6) is 0 Å². The van der Waals surface area contributed by atoms with Gasteiger partial charge in [-0.25, -0.2) is 9.48 Å². The van der Waals surface area contributed by atoms with Gasteiger partial charge < -0.3 is 20.1 Å². The Morgan fingerprint density at radius 3 is 2.56 bits per heavy atom. The average Bonchev–Trinajstić information content (AvgIpc) is 3.13. The van der Waals surface area contributed by atoms with Crippen molar-refractivity contribution >= 4 is 6.09 Å². The predicted octanol–water partition coefficient (Wildman–Crippen LogP) is 3.01. The quantitative estimate of drug-likeness (QED) is 0.660. The number of nitrogens with one attached hydrogen (secondary N) is 1. The molecule has 0 radical (unpaired) electrons. The van der Waals surface area contributed by atoms with Crippen LogP contribution in [0.3, 0.4) is 0 Å². The molecule has 0 aromatic carbocycles. The summed E-state index contributed by atoms with van der Waals surface area (Å²) in [7, 11) is 0. The highest BCUT2D eigenvalue weighted by Gasteiger charge is 2.51. The standard InChI is InChI=1S/C23H40N6O3/c1-5-17-14-28(20(31)32-21(2,3)4)13-12-23(17,24-15-22(16-30)10-11-22)19-25-26-27-29(19)18-8-6-7-9-18/h17-18,24,30H,5-16H2,1-4H3. The number of rotatable bonds is 7. The fourth-order valence-corrected chi connectivity index (χ4v) is 5.40. The molecule has 1 amide bonds. The molecule has 2 unspecified atom stereocenters. The van der Waals surface area contributed by atoms with Crippen molar-refractivity contribution in [2.45, 2.75) is 96.2 Å². The van der Waals surface area contributed by atoms with Crippen molar-refractivity contribution in [3.8, 4) is 0 Å². The molecule has 1 aliphatic heterocycles. The molecular formula is C23H40N6O3. The fraction of sp³-hybridized carbons (Fsp3) is 0.913. The lowest BCUT2D eigenvalue weighted by Gasteiger charge is -2.48. The Labute approximate surface area is 191 Å². The van der Waals surface area contributed by atoms with Crippen molar-refractivity contribution in [1.29, 1.82) is 0 Å². The van der Waals surface area contributed by atoms with Gasteiger partial charge in [-0.1, -0.05) is 19.8 Å². The summed E-state index contributed by atoms with van der Waals surface area (Å²) in [6.45, 7) is 9.99. The number of hydrogen-bond donors (Lipinski definition) is 2. The number of carbonyl (C=O) groups is 1. The summed E-state index contributed by atoms with van der Waals surface area (Å²) in [5, 5.41) is 26.9. The van der Waals surface area contributed by atoms with Crippen LogP contribution in [0.2, 0.25) is 0 Å². The Bertz CT molecular complexity index is 796. The molecule has 4 rings (SSSR count). The smallest absolute Gasteiger partial charge is 0.410 e. The molecule has 2 N–H and O–H groups in total. The van der Waals surface area contributed by atoms with E-state index in [2.05, 4.69) is 32.4 Å². The highest BCUT2D eigenvalue weighted by molar-refractivity contribution is 5.68. The number of likely N-dealkylation sites (tertiary alicyclic amines) is 1. The van der Waals surface area contributed by atoms with E-state index < -0.39 is 11.1 Å². The lowest BCUT2D eigenvalue weighted by atomic mass is 9.75. The van der Waals surface area contributed by atoms with Crippen LogP contribution < -0.4 is 5.32 Å². The van der Waals surface area contributed by atoms with E-state index in [4.69, 9.17) is 4.74 Å². The van der Waals surface area contributed by atoms with Crippen LogP contribution in [-0.4, -0.2) is 68.1 Å². The second-order valence-corrected chi connectivity index (χ2v) is 11.1. The average molecular weight is 449 g/mol. The number of hydrogen-bond acceptors (Lipinski definition) is 7. The molecular weight excluding hydrogens is 408 g/mol. The van der Waals surface area contributed by atoms with Gasteiger partial charge in [-0.2, -0.15) is 0 Å². The van der Waals surface area contributed by atoms with Crippen LogP contribution in [0.4, 0.5) is 4.79 Å². The van der Waals surface area contributed by atoms with E-state index in [0.717, 1.165) is 50.9 Å². The van der Waals surface area contributed by atoms with Gasteiger partial charge in [-0.3, -0.25) is 0 Å². The zero-order valence-electron chi connectivity index (χ0n) is 20.1. The van der Waals surface area contributed by atoms with Crippen LogP contribution >= 0.6 is 0 Å². The number of aliphatic hydroxyl groups is 1. The summed E-state index contributed by atoms with van der Waals surface area (Å²) >= 11 is 0. The molecule has 1 aromatic rings.